The maximum absolute atomic E-state index is 12.9. The molecule has 5 rings (SSSR count). The maximum Gasteiger partial charge on any atom is 0.256 e. The van der Waals surface area contributed by atoms with Crippen molar-refractivity contribution in [3.8, 4) is 0 Å². The van der Waals surface area contributed by atoms with Gasteiger partial charge in [-0.15, -0.1) is 11.3 Å². The quantitative estimate of drug-likeness (QED) is 0.591. The molecule has 4 nitrogen and oxygen atoms in total. The van der Waals surface area contributed by atoms with Gasteiger partial charge in [-0.2, -0.15) is 0 Å². The number of halogens is 1. The van der Waals surface area contributed by atoms with Gasteiger partial charge in [0, 0.05) is 29.0 Å². The first-order valence-electron chi connectivity index (χ1n) is 9.41. The van der Waals surface area contributed by atoms with E-state index in [4.69, 9.17) is 0 Å². The summed E-state index contributed by atoms with van der Waals surface area (Å²) in [5, 5.41) is 7.67. The second-order valence-corrected chi connectivity index (χ2v) is 9.28. The van der Waals surface area contributed by atoms with Crippen molar-refractivity contribution >= 4 is 38.2 Å². The van der Waals surface area contributed by atoms with Crippen LogP contribution in [0.5, 0.6) is 0 Å². The topological polar surface area (TPSA) is 44.4 Å². The molecule has 1 atom stereocenters. The number of amides is 1. The zero-order valence-electron chi connectivity index (χ0n) is 15.2. The van der Waals surface area contributed by atoms with Gasteiger partial charge in [-0.1, -0.05) is 58.4 Å². The normalized spacial score (nSPS) is 18.8. The Labute approximate surface area is 176 Å². The standard InChI is InChI=1S/C22H20BrN3OS/c23-16-8-4-7-15(11-16)20-24-21(27)19-17-9-10-26(12-14-5-2-1-3-6-14)13-18(17)28-22(19)25-20/h1-8,11,20,25H,9-10,12-13H2,(H,24,27)/t20-/m1/s1. The van der Waals surface area contributed by atoms with E-state index in [9.17, 15) is 4.79 Å². The van der Waals surface area contributed by atoms with Crippen LogP contribution in [0.4, 0.5) is 5.00 Å². The van der Waals surface area contributed by atoms with Gasteiger partial charge in [0.05, 0.1) is 5.56 Å². The monoisotopic (exact) mass is 453 g/mol. The van der Waals surface area contributed by atoms with Gasteiger partial charge in [0.15, 0.2) is 0 Å². The Kier molecular flexibility index (Phi) is 4.70. The Balaban J connectivity index is 1.39. The summed E-state index contributed by atoms with van der Waals surface area (Å²) >= 11 is 5.25. The molecule has 2 aliphatic rings. The summed E-state index contributed by atoms with van der Waals surface area (Å²) in [4.78, 5) is 16.7. The number of thiophene rings is 1. The van der Waals surface area contributed by atoms with Gasteiger partial charge >= 0.3 is 0 Å². The van der Waals surface area contributed by atoms with Gasteiger partial charge in [-0.05, 0) is 35.2 Å². The molecule has 3 aromatic rings. The third kappa shape index (κ3) is 3.36. The molecule has 28 heavy (non-hydrogen) atoms. The first-order valence-corrected chi connectivity index (χ1v) is 11.0. The van der Waals surface area contributed by atoms with E-state index >= 15 is 0 Å². The van der Waals surface area contributed by atoms with E-state index in [1.54, 1.807) is 11.3 Å². The largest absolute Gasteiger partial charge is 0.353 e. The number of nitrogens with one attached hydrogen (secondary N) is 2. The Morgan fingerprint density at radius 3 is 2.79 bits per heavy atom. The molecule has 0 saturated carbocycles. The van der Waals surface area contributed by atoms with E-state index in [1.165, 1.54) is 16.0 Å². The van der Waals surface area contributed by atoms with Crippen molar-refractivity contribution in [2.75, 3.05) is 11.9 Å². The number of nitrogens with zero attached hydrogens (tertiary/aromatic N) is 1. The zero-order valence-corrected chi connectivity index (χ0v) is 17.6. The van der Waals surface area contributed by atoms with E-state index in [2.05, 4.69) is 61.8 Å². The lowest BCUT2D eigenvalue weighted by Gasteiger charge is -2.28. The first kappa shape index (κ1) is 17.9. The van der Waals surface area contributed by atoms with Crippen molar-refractivity contribution in [3.05, 3.63) is 86.2 Å². The van der Waals surface area contributed by atoms with E-state index in [1.807, 2.05) is 24.3 Å². The average Bonchev–Trinajstić information content (AvgIpc) is 3.07. The molecular weight excluding hydrogens is 434 g/mol. The number of hydrogen-bond acceptors (Lipinski definition) is 4. The van der Waals surface area contributed by atoms with Crippen LogP contribution in [0.25, 0.3) is 0 Å². The number of rotatable bonds is 3. The van der Waals surface area contributed by atoms with Crippen molar-refractivity contribution in [3.63, 3.8) is 0 Å². The lowest BCUT2D eigenvalue weighted by molar-refractivity contribution is 0.0934. The molecule has 1 aromatic heterocycles. The van der Waals surface area contributed by atoms with Crippen molar-refractivity contribution < 1.29 is 4.79 Å². The summed E-state index contributed by atoms with van der Waals surface area (Å²) in [7, 11) is 0. The second kappa shape index (κ2) is 7.35. The van der Waals surface area contributed by atoms with Gasteiger partial charge in [0.2, 0.25) is 0 Å². The highest BCUT2D eigenvalue weighted by molar-refractivity contribution is 9.10. The van der Waals surface area contributed by atoms with Crippen LogP contribution in [0, 0.1) is 0 Å². The zero-order chi connectivity index (χ0) is 19.1. The third-order valence-electron chi connectivity index (χ3n) is 5.34. The lowest BCUT2D eigenvalue weighted by Crippen LogP contribution is -2.38. The number of carbonyl (C=O) groups is 1. The highest BCUT2D eigenvalue weighted by atomic mass is 79.9. The molecule has 3 heterocycles. The minimum Gasteiger partial charge on any atom is -0.353 e. The number of carbonyl (C=O) groups excluding carboxylic acids is 1. The van der Waals surface area contributed by atoms with E-state index < -0.39 is 0 Å². The predicted octanol–water partition coefficient (Wildman–Crippen LogP) is 4.92. The second-order valence-electron chi connectivity index (χ2n) is 7.26. The number of fused-ring (bicyclic) bond motifs is 3. The van der Waals surface area contributed by atoms with Crippen LogP contribution in [-0.4, -0.2) is 17.4 Å². The van der Waals surface area contributed by atoms with E-state index in [0.717, 1.165) is 46.7 Å². The molecule has 2 aromatic carbocycles. The van der Waals surface area contributed by atoms with E-state index in [-0.39, 0.29) is 12.1 Å². The van der Waals surface area contributed by atoms with Crippen LogP contribution in [-0.2, 0) is 19.5 Å². The highest BCUT2D eigenvalue weighted by Crippen LogP contribution is 2.41. The summed E-state index contributed by atoms with van der Waals surface area (Å²) in [5.41, 5.74) is 4.45. The summed E-state index contributed by atoms with van der Waals surface area (Å²) in [6, 6.07) is 18.6. The molecule has 6 heteroatoms. The summed E-state index contributed by atoms with van der Waals surface area (Å²) in [6.45, 7) is 2.83. The van der Waals surface area contributed by atoms with Gasteiger partial charge in [0.25, 0.3) is 5.91 Å². The molecule has 142 valence electrons. The van der Waals surface area contributed by atoms with Crippen LogP contribution in [0.15, 0.2) is 59.1 Å². The molecule has 1 amide bonds. The molecule has 0 unspecified atom stereocenters. The number of benzene rings is 2. The van der Waals surface area contributed by atoms with Crippen molar-refractivity contribution in [1.29, 1.82) is 0 Å². The van der Waals surface area contributed by atoms with Gasteiger partial charge in [0.1, 0.15) is 11.2 Å². The Morgan fingerprint density at radius 2 is 1.96 bits per heavy atom. The minimum atomic E-state index is -0.196. The first-order chi connectivity index (χ1) is 13.7. The third-order valence-corrected chi connectivity index (χ3v) is 6.99. The van der Waals surface area contributed by atoms with Gasteiger partial charge in [-0.25, -0.2) is 0 Å². The lowest BCUT2D eigenvalue weighted by atomic mass is 10.00. The molecule has 0 spiro atoms. The Hall–Kier alpha value is -2.15. The highest BCUT2D eigenvalue weighted by Gasteiger charge is 2.33. The van der Waals surface area contributed by atoms with Crippen molar-refractivity contribution in [1.82, 2.24) is 10.2 Å². The predicted molar refractivity (Wildman–Crippen MR) is 117 cm³/mol. The van der Waals surface area contributed by atoms with Crippen LogP contribution >= 0.6 is 27.3 Å². The van der Waals surface area contributed by atoms with E-state index in [0.29, 0.717) is 0 Å². The molecule has 0 bridgehead atoms. The van der Waals surface area contributed by atoms with Crippen LogP contribution in [0.3, 0.4) is 0 Å². The Morgan fingerprint density at radius 1 is 1.11 bits per heavy atom. The molecule has 0 fully saturated rings. The molecule has 0 radical (unpaired) electrons. The van der Waals surface area contributed by atoms with Crippen molar-refractivity contribution in [2.45, 2.75) is 25.7 Å². The molecule has 0 aliphatic carbocycles. The summed E-state index contributed by atoms with van der Waals surface area (Å²) in [5.74, 6) is 0.0349. The van der Waals surface area contributed by atoms with Gasteiger partial charge in [-0.3, -0.25) is 9.69 Å². The molecular formula is C22H20BrN3OS. The van der Waals surface area contributed by atoms with Gasteiger partial charge < -0.3 is 10.6 Å². The Bertz CT molecular complexity index is 1030. The van der Waals surface area contributed by atoms with Crippen molar-refractivity contribution in [2.24, 2.45) is 0 Å². The average molecular weight is 454 g/mol. The van der Waals surface area contributed by atoms with Crippen LogP contribution in [0.2, 0.25) is 0 Å². The molecule has 2 aliphatic heterocycles. The fourth-order valence-corrected chi connectivity index (χ4v) is 5.73. The number of hydrogen-bond donors (Lipinski definition) is 2. The SMILES string of the molecule is O=C1N[C@@H](c2cccc(Br)c2)Nc2sc3c(c21)CCN(Cc1ccccc1)C3. The smallest absolute Gasteiger partial charge is 0.256 e. The summed E-state index contributed by atoms with van der Waals surface area (Å²) in [6.07, 6.45) is 0.725. The molecule has 2 N–H and O–H groups in total. The molecule has 0 saturated heterocycles. The number of anilines is 1. The summed E-state index contributed by atoms with van der Waals surface area (Å²) < 4.78 is 1.01. The van der Waals surface area contributed by atoms with Crippen LogP contribution < -0.4 is 10.6 Å². The fraction of sp³-hybridized carbons (Fsp3) is 0.227. The van der Waals surface area contributed by atoms with Crippen LogP contribution in [0.1, 0.15) is 38.1 Å². The maximum atomic E-state index is 12.9. The minimum absolute atomic E-state index is 0.0349. The fourth-order valence-electron chi connectivity index (χ4n) is 4.00.